The fraction of sp³-hybridized carbons (Fsp3) is 0.778. The van der Waals surface area contributed by atoms with E-state index in [0.717, 1.165) is 32.1 Å². The summed E-state index contributed by atoms with van der Waals surface area (Å²) in [6.07, 6.45) is 7.85. The minimum Gasteiger partial charge on any atom is -0.748 e. The first-order chi connectivity index (χ1) is 12.7. The Kier molecular flexibility index (Phi) is 13.9. The van der Waals surface area contributed by atoms with Crippen molar-refractivity contribution in [1.82, 2.24) is 0 Å². The molecule has 1 aliphatic rings. The summed E-state index contributed by atoms with van der Waals surface area (Å²) < 4.78 is 32.6. The Morgan fingerprint density at radius 3 is 2.64 bits per heavy atom. The Morgan fingerprint density at radius 2 is 2.04 bits per heavy atom. The van der Waals surface area contributed by atoms with Crippen LogP contribution in [0, 0.1) is 0 Å². The average Bonchev–Trinajstić information content (AvgIpc) is 2.95. The Balaban J connectivity index is 0.00000729. The van der Waals surface area contributed by atoms with Gasteiger partial charge in [-0.3, -0.25) is 9.28 Å². The zero-order valence-corrected chi connectivity index (χ0v) is 19.9. The van der Waals surface area contributed by atoms with Gasteiger partial charge in [-0.1, -0.05) is 25.5 Å². The van der Waals surface area contributed by atoms with Crippen LogP contribution in [0.3, 0.4) is 0 Å². The maximum atomic E-state index is 12.6. The molecule has 0 saturated heterocycles. The van der Waals surface area contributed by atoms with Crippen LogP contribution in [-0.4, -0.2) is 83.9 Å². The smallest absolute Gasteiger partial charge is 0.748 e. The van der Waals surface area contributed by atoms with E-state index in [-0.39, 0.29) is 65.4 Å². The van der Waals surface area contributed by atoms with Crippen molar-refractivity contribution in [3.05, 3.63) is 12.2 Å². The molecule has 1 heterocycles. The maximum absolute atomic E-state index is 12.6. The van der Waals surface area contributed by atoms with Gasteiger partial charge in [0.15, 0.2) is 0 Å². The number of unbranched alkanes of at least 4 members (excludes halogenated alkanes) is 3. The van der Waals surface area contributed by atoms with Gasteiger partial charge in [0.25, 0.3) is 5.84 Å². The fourth-order valence-electron chi connectivity index (χ4n) is 3.45. The molecule has 0 radical (unpaired) electrons. The van der Waals surface area contributed by atoms with E-state index in [0.29, 0.717) is 19.5 Å². The Morgan fingerprint density at radius 1 is 1.32 bits per heavy atom. The van der Waals surface area contributed by atoms with Crippen LogP contribution >= 0.6 is 0 Å². The number of amidine groups is 1. The molecule has 0 aliphatic carbocycles. The minimum atomic E-state index is -4.57. The van der Waals surface area contributed by atoms with Crippen molar-refractivity contribution in [3.8, 4) is 0 Å². The topological polar surface area (TPSA) is 127 Å². The van der Waals surface area contributed by atoms with Gasteiger partial charge in [-0.25, -0.2) is 13.4 Å². The molecule has 156 valence electrons. The molecule has 0 aromatic heterocycles. The van der Waals surface area contributed by atoms with Crippen LogP contribution in [0.1, 0.15) is 45.4 Å². The summed E-state index contributed by atoms with van der Waals surface area (Å²) in [5.41, 5.74) is 0. The molecule has 0 aromatic carbocycles. The molecule has 0 fully saturated rings. The van der Waals surface area contributed by atoms with E-state index in [1.807, 2.05) is 0 Å². The predicted octanol–water partition coefficient (Wildman–Crippen LogP) is -2.40. The third-order valence-corrected chi connectivity index (χ3v) is 5.44. The van der Waals surface area contributed by atoms with Crippen molar-refractivity contribution >= 4 is 21.7 Å². The number of hydrogen-bond donors (Lipinski definition) is 2. The zero-order valence-electron chi connectivity index (χ0n) is 17.0. The average molecular weight is 428 g/mol. The van der Waals surface area contributed by atoms with Crippen LogP contribution in [0.15, 0.2) is 17.1 Å². The third kappa shape index (κ3) is 10.1. The van der Waals surface area contributed by atoms with E-state index in [9.17, 15) is 28.0 Å². The molecule has 0 spiro atoms. The van der Waals surface area contributed by atoms with Crippen LogP contribution in [0.25, 0.3) is 0 Å². The van der Waals surface area contributed by atoms with Gasteiger partial charge in [-0.05, 0) is 25.7 Å². The zero-order chi connectivity index (χ0) is 20.3. The van der Waals surface area contributed by atoms with Crippen molar-refractivity contribution in [1.29, 1.82) is 0 Å². The number of aliphatic hydroxyl groups is 2. The SMILES string of the molecule is CC/C=C/CCCCCC(=O)C1=NCC[N+]1(CCO)CC(O)CS(=O)(=O)[O-].[Na+]. The van der Waals surface area contributed by atoms with Gasteiger partial charge >= 0.3 is 29.6 Å². The van der Waals surface area contributed by atoms with E-state index >= 15 is 0 Å². The number of carbonyl (C=O) groups is 1. The number of carbonyl (C=O) groups excluding carboxylic acids is 1. The molecule has 0 saturated carbocycles. The molecule has 2 unspecified atom stereocenters. The number of quaternary nitrogens is 1. The van der Waals surface area contributed by atoms with Crippen molar-refractivity contribution in [2.75, 3.05) is 38.5 Å². The van der Waals surface area contributed by atoms with Crippen molar-refractivity contribution in [2.45, 2.75) is 51.6 Å². The fourth-order valence-corrected chi connectivity index (χ4v) is 4.02. The molecular weight excluding hydrogens is 395 g/mol. The van der Waals surface area contributed by atoms with Crippen LogP contribution < -0.4 is 29.6 Å². The van der Waals surface area contributed by atoms with Gasteiger partial charge in [0, 0.05) is 6.42 Å². The number of rotatable bonds is 14. The normalized spacial score (nSPS) is 20.8. The number of allylic oxidation sites excluding steroid dienone is 2. The summed E-state index contributed by atoms with van der Waals surface area (Å²) in [5, 5.41) is 19.4. The van der Waals surface area contributed by atoms with Crippen molar-refractivity contribution in [2.24, 2.45) is 4.99 Å². The van der Waals surface area contributed by atoms with Gasteiger partial charge in [0.2, 0.25) is 5.78 Å². The summed E-state index contributed by atoms with van der Waals surface area (Å²) in [6.45, 7) is 2.67. The largest absolute Gasteiger partial charge is 1.00 e. The second-order valence-corrected chi connectivity index (χ2v) is 8.43. The number of aliphatic imine (C=N–C) groups is 1. The molecule has 10 heteroatoms. The molecule has 2 N–H and O–H groups in total. The first-order valence-electron chi connectivity index (χ1n) is 9.56. The second-order valence-electron chi connectivity index (χ2n) is 6.98. The first kappa shape index (κ1) is 27.9. The molecule has 0 amide bonds. The van der Waals surface area contributed by atoms with Gasteiger partial charge in [-0.2, -0.15) is 0 Å². The van der Waals surface area contributed by atoms with Crippen molar-refractivity contribution in [3.63, 3.8) is 0 Å². The summed E-state index contributed by atoms with van der Waals surface area (Å²) >= 11 is 0. The van der Waals surface area contributed by atoms with Crippen LogP contribution in [0.2, 0.25) is 0 Å². The van der Waals surface area contributed by atoms with Gasteiger partial charge < -0.3 is 14.8 Å². The minimum absolute atomic E-state index is 0. The van der Waals surface area contributed by atoms with Crippen LogP contribution in [0.5, 0.6) is 0 Å². The Labute approximate surface area is 190 Å². The van der Waals surface area contributed by atoms with E-state index in [1.54, 1.807) is 0 Å². The van der Waals surface area contributed by atoms with Gasteiger partial charge in [0.05, 0.1) is 29.0 Å². The van der Waals surface area contributed by atoms with E-state index in [1.165, 1.54) is 0 Å². The van der Waals surface area contributed by atoms with E-state index in [4.69, 9.17) is 0 Å². The number of nitrogens with zero attached hydrogens (tertiary/aromatic N) is 2. The molecule has 2 atom stereocenters. The quantitative estimate of drug-likeness (QED) is 0.105. The maximum Gasteiger partial charge on any atom is 1.00 e. The van der Waals surface area contributed by atoms with Gasteiger partial charge in [-0.15, -0.1) is 0 Å². The van der Waals surface area contributed by atoms with Gasteiger partial charge in [0.1, 0.15) is 25.7 Å². The molecule has 1 rings (SSSR count). The summed E-state index contributed by atoms with van der Waals surface area (Å²) in [4.78, 5) is 16.9. The molecule has 0 bridgehead atoms. The summed E-state index contributed by atoms with van der Waals surface area (Å²) in [7, 11) is -4.57. The number of hydrogen-bond acceptors (Lipinski definition) is 7. The molecule has 28 heavy (non-hydrogen) atoms. The number of aliphatic hydroxyl groups excluding tert-OH is 2. The summed E-state index contributed by atoms with van der Waals surface area (Å²) in [6, 6.07) is 0. The van der Waals surface area contributed by atoms with E-state index < -0.39 is 22.0 Å². The number of ketones is 1. The third-order valence-electron chi connectivity index (χ3n) is 4.65. The Hall–Kier alpha value is -0.130. The second kappa shape index (κ2) is 14.0. The standard InChI is InChI=1S/C18H32N2O6S.Na/c1-2-3-4-5-6-7-8-9-17(23)18-19-10-11-20(18,12-13-21)14-16(22)15-27(24,25)26;/h3-4,16,21-22H,2,5-15H2,1H3;/q;+1/b4-3+;. The molecule has 0 aromatic rings. The molecule has 1 aliphatic heterocycles. The monoisotopic (exact) mass is 427 g/mol. The van der Waals surface area contributed by atoms with Crippen LogP contribution in [0.4, 0.5) is 0 Å². The predicted molar refractivity (Wildman–Crippen MR) is 102 cm³/mol. The first-order valence-corrected chi connectivity index (χ1v) is 11.1. The molecular formula is C18H32N2NaO6S+. The molecule has 8 nitrogen and oxygen atoms in total. The van der Waals surface area contributed by atoms with Crippen LogP contribution in [-0.2, 0) is 14.9 Å². The number of Topliss-reactive ketones (excluding diaryl/α,β-unsaturated/α-hetero) is 1. The summed E-state index contributed by atoms with van der Waals surface area (Å²) in [5.74, 6) is -0.773. The Bertz CT molecular complexity index is 638. The van der Waals surface area contributed by atoms with E-state index in [2.05, 4.69) is 24.1 Å². The van der Waals surface area contributed by atoms with Crippen molar-refractivity contribution < 1.29 is 62.0 Å².